The Morgan fingerprint density at radius 2 is 2.19 bits per heavy atom. The number of nitrogens with zero attached hydrogens (tertiary/aromatic N) is 2. The van der Waals surface area contributed by atoms with Gasteiger partial charge < -0.3 is 11.1 Å². The molecule has 3 N–H and O–H groups in total. The molecular formula is C11H15BrN4. The van der Waals surface area contributed by atoms with E-state index in [9.17, 15) is 0 Å². The summed E-state index contributed by atoms with van der Waals surface area (Å²) in [5, 5.41) is 3.32. The van der Waals surface area contributed by atoms with Crippen LogP contribution in [0.1, 0.15) is 25.7 Å². The molecule has 2 saturated carbocycles. The first-order chi connectivity index (χ1) is 7.68. The normalized spacial score (nSPS) is 21.8. The summed E-state index contributed by atoms with van der Waals surface area (Å²) in [7, 11) is 0. The Morgan fingerprint density at radius 3 is 2.75 bits per heavy atom. The molecule has 0 aromatic carbocycles. The first-order valence-corrected chi connectivity index (χ1v) is 6.51. The molecule has 4 nitrogen and oxygen atoms in total. The smallest absolute Gasteiger partial charge is 0.225 e. The van der Waals surface area contributed by atoms with Crippen LogP contribution in [-0.4, -0.2) is 16.5 Å². The Kier molecular flexibility index (Phi) is 2.31. The SMILES string of the molecule is Nc1cc(Br)nc(NCC2(C3CC3)CC2)n1. The molecule has 2 fully saturated rings. The molecule has 0 spiro atoms. The van der Waals surface area contributed by atoms with Gasteiger partial charge in [0, 0.05) is 12.6 Å². The maximum atomic E-state index is 5.67. The molecule has 86 valence electrons. The lowest BCUT2D eigenvalue weighted by molar-refractivity contribution is 0.465. The quantitative estimate of drug-likeness (QED) is 0.833. The van der Waals surface area contributed by atoms with Crippen LogP contribution in [0, 0.1) is 11.3 Å². The zero-order valence-electron chi connectivity index (χ0n) is 9.04. The van der Waals surface area contributed by atoms with E-state index < -0.39 is 0 Å². The molecule has 2 aliphatic rings. The third-order valence-corrected chi connectivity index (χ3v) is 4.06. The number of rotatable bonds is 4. The summed E-state index contributed by atoms with van der Waals surface area (Å²) < 4.78 is 0.735. The van der Waals surface area contributed by atoms with Gasteiger partial charge in [-0.25, -0.2) is 4.98 Å². The Balaban J connectivity index is 1.65. The zero-order valence-corrected chi connectivity index (χ0v) is 10.6. The van der Waals surface area contributed by atoms with E-state index in [1.165, 1.54) is 25.7 Å². The average molecular weight is 283 g/mol. The molecule has 16 heavy (non-hydrogen) atoms. The van der Waals surface area contributed by atoms with Gasteiger partial charge >= 0.3 is 0 Å². The topological polar surface area (TPSA) is 63.8 Å². The highest BCUT2D eigenvalue weighted by molar-refractivity contribution is 9.10. The van der Waals surface area contributed by atoms with Gasteiger partial charge in [0.2, 0.25) is 5.95 Å². The fourth-order valence-corrected chi connectivity index (χ4v) is 2.76. The summed E-state index contributed by atoms with van der Waals surface area (Å²) in [6.07, 6.45) is 5.52. The van der Waals surface area contributed by atoms with E-state index in [0.717, 1.165) is 17.1 Å². The first-order valence-electron chi connectivity index (χ1n) is 5.72. The van der Waals surface area contributed by atoms with Crippen molar-refractivity contribution < 1.29 is 0 Å². The van der Waals surface area contributed by atoms with Gasteiger partial charge in [-0.15, -0.1) is 0 Å². The molecule has 1 aromatic heterocycles. The highest BCUT2D eigenvalue weighted by Gasteiger charge is 2.53. The van der Waals surface area contributed by atoms with E-state index in [1.807, 2.05) is 0 Å². The molecule has 0 saturated heterocycles. The van der Waals surface area contributed by atoms with Crippen LogP contribution >= 0.6 is 15.9 Å². The van der Waals surface area contributed by atoms with Crippen molar-refractivity contribution in [2.45, 2.75) is 25.7 Å². The van der Waals surface area contributed by atoms with E-state index in [4.69, 9.17) is 5.73 Å². The fraction of sp³-hybridized carbons (Fsp3) is 0.636. The van der Waals surface area contributed by atoms with Crippen molar-refractivity contribution >= 4 is 27.7 Å². The minimum Gasteiger partial charge on any atom is -0.383 e. The summed E-state index contributed by atoms with van der Waals surface area (Å²) >= 11 is 3.32. The van der Waals surface area contributed by atoms with Crippen LogP contribution in [0.15, 0.2) is 10.7 Å². The van der Waals surface area contributed by atoms with E-state index >= 15 is 0 Å². The lowest BCUT2D eigenvalue weighted by atomic mass is 10.0. The first kappa shape index (κ1) is 10.3. The summed E-state index contributed by atoms with van der Waals surface area (Å²) in [5.74, 6) is 2.09. The van der Waals surface area contributed by atoms with Gasteiger partial charge in [-0.2, -0.15) is 4.98 Å². The molecule has 0 bridgehead atoms. The second kappa shape index (κ2) is 3.58. The predicted molar refractivity (Wildman–Crippen MR) is 67.0 cm³/mol. The van der Waals surface area contributed by atoms with Crippen LogP contribution in [0.2, 0.25) is 0 Å². The van der Waals surface area contributed by atoms with Crippen molar-refractivity contribution in [3.63, 3.8) is 0 Å². The van der Waals surface area contributed by atoms with Crippen molar-refractivity contribution in [2.24, 2.45) is 11.3 Å². The Hall–Kier alpha value is -0.840. The Labute approximate surface area is 103 Å². The maximum Gasteiger partial charge on any atom is 0.225 e. The third kappa shape index (κ3) is 2.00. The molecule has 2 aliphatic carbocycles. The minimum absolute atomic E-state index is 0.501. The highest BCUT2D eigenvalue weighted by Crippen LogP contribution is 2.61. The number of nitrogens with two attached hydrogens (primary N) is 1. The molecule has 1 aromatic rings. The molecule has 0 unspecified atom stereocenters. The number of hydrogen-bond donors (Lipinski definition) is 2. The standard InChI is InChI=1S/C11H15BrN4/c12-8-5-9(13)16-10(15-8)14-6-11(3-4-11)7-1-2-7/h5,7H,1-4,6H2,(H3,13,14,15,16). The number of anilines is 2. The molecule has 0 aliphatic heterocycles. The average Bonchev–Trinajstić information content (AvgIpc) is 3.07. The summed E-state index contributed by atoms with van der Waals surface area (Å²) in [5.41, 5.74) is 6.22. The maximum absolute atomic E-state index is 5.67. The second-order valence-corrected chi connectivity index (χ2v) is 5.74. The molecular weight excluding hydrogens is 268 g/mol. The molecule has 0 radical (unpaired) electrons. The third-order valence-electron chi connectivity index (χ3n) is 3.65. The van der Waals surface area contributed by atoms with Crippen molar-refractivity contribution in [3.05, 3.63) is 10.7 Å². The summed E-state index contributed by atoms with van der Waals surface area (Å²) in [6, 6.07) is 1.71. The van der Waals surface area contributed by atoms with Gasteiger partial charge in [0.25, 0.3) is 0 Å². The van der Waals surface area contributed by atoms with Crippen LogP contribution in [0.3, 0.4) is 0 Å². The number of hydrogen-bond acceptors (Lipinski definition) is 4. The van der Waals surface area contributed by atoms with Gasteiger partial charge in [0.15, 0.2) is 0 Å². The van der Waals surface area contributed by atoms with Gasteiger partial charge in [-0.3, -0.25) is 0 Å². The number of aromatic nitrogens is 2. The number of nitrogen functional groups attached to an aromatic ring is 1. The summed E-state index contributed by atoms with van der Waals surface area (Å²) in [6.45, 7) is 0.994. The van der Waals surface area contributed by atoms with E-state index in [-0.39, 0.29) is 0 Å². The van der Waals surface area contributed by atoms with Crippen molar-refractivity contribution in [2.75, 3.05) is 17.6 Å². The Bertz CT molecular complexity index is 392. The van der Waals surface area contributed by atoms with Crippen molar-refractivity contribution in [1.82, 2.24) is 9.97 Å². The molecule has 0 atom stereocenters. The summed E-state index contributed by atoms with van der Waals surface area (Å²) in [4.78, 5) is 8.43. The van der Waals surface area contributed by atoms with E-state index in [0.29, 0.717) is 17.2 Å². The van der Waals surface area contributed by atoms with Gasteiger partial charge in [0.1, 0.15) is 10.4 Å². The van der Waals surface area contributed by atoms with Crippen LogP contribution in [0.25, 0.3) is 0 Å². The van der Waals surface area contributed by atoms with Crippen molar-refractivity contribution in [3.8, 4) is 0 Å². The van der Waals surface area contributed by atoms with Gasteiger partial charge in [-0.1, -0.05) is 0 Å². The van der Waals surface area contributed by atoms with Gasteiger partial charge in [0.05, 0.1) is 0 Å². The number of nitrogens with one attached hydrogen (secondary N) is 1. The molecule has 3 rings (SSSR count). The zero-order chi connectivity index (χ0) is 11.2. The van der Waals surface area contributed by atoms with Crippen molar-refractivity contribution in [1.29, 1.82) is 0 Å². The largest absolute Gasteiger partial charge is 0.383 e. The Morgan fingerprint density at radius 1 is 1.44 bits per heavy atom. The van der Waals surface area contributed by atoms with Crippen LogP contribution in [0.5, 0.6) is 0 Å². The molecule has 1 heterocycles. The van der Waals surface area contributed by atoms with Crippen LogP contribution < -0.4 is 11.1 Å². The number of halogens is 1. The van der Waals surface area contributed by atoms with E-state index in [1.54, 1.807) is 6.07 Å². The van der Waals surface area contributed by atoms with Crippen LogP contribution in [0.4, 0.5) is 11.8 Å². The second-order valence-electron chi connectivity index (χ2n) is 4.93. The molecule has 5 heteroatoms. The lowest BCUT2D eigenvalue weighted by Gasteiger charge is -2.14. The highest BCUT2D eigenvalue weighted by atomic mass is 79.9. The minimum atomic E-state index is 0.501. The van der Waals surface area contributed by atoms with E-state index in [2.05, 4.69) is 31.2 Å². The fourth-order valence-electron chi connectivity index (χ4n) is 2.35. The van der Waals surface area contributed by atoms with Crippen LogP contribution in [-0.2, 0) is 0 Å². The lowest BCUT2D eigenvalue weighted by Crippen LogP contribution is -2.19. The monoisotopic (exact) mass is 282 g/mol. The predicted octanol–water partition coefficient (Wildman–Crippen LogP) is 2.42. The molecule has 0 amide bonds. The van der Waals surface area contributed by atoms with Gasteiger partial charge in [-0.05, 0) is 52.9 Å².